The van der Waals surface area contributed by atoms with Gasteiger partial charge in [0.25, 0.3) is 0 Å². The lowest BCUT2D eigenvalue weighted by Gasteiger charge is -2.18. The maximum atomic E-state index is 6.02. The second-order valence-corrected chi connectivity index (χ2v) is 6.15. The van der Waals surface area contributed by atoms with Gasteiger partial charge in [-0.05, 0) is 44.2 Å². The molecule has 2 nitrogen and oxygen atoms in total. The molecule has 112 valence electrons. The third kappa shape index (κ3) is 4.58. The van der Waals surface area contributed by atoms with Crippen LogP contribution in [-0.2, 0) is 6.61 Å². The molecule has 0 heterocycles. The van der Waals surface area contributed by atoms with E-state index in [2.05, 4.69) is 72.3 Å². The minimum atomic E-state index is 0.264. The molecule has 2 aromatic carbocycles. The smallest absolute Gasteiger partial charge is 0.124 e. The summed E-state index contributed by atoms with van der Waals surface area (Å²) in [4.78, 5) is 0. The summed E-state index contributed by atoms with van der Waals surface area (Å²) in [6, 6.07) is 14.9. The van der Waals surface area contributed by atoms with Crippen LogP contribution < -0.4 is 10.1 Å². The fourth-order valence-electron chi connectivity index (χ4n) is 2.25. The number of nitrogens with one attached hydrogen (secondary N) is 1. The van der Waals surface area contributed by atoms with Crippen LogP contribution in [0.2, 0.25) is 0 Å². The minimum absolute atomic E-state index is 0.264. The second kappa shape index (κ2) is 7.62. The third-order valence-electron chi connectivity index (χ3n) is 3.46. The molecule has 0 aliphatic carbocycles. The summed E-state index contributed by atoms with van der Waals surface area (Å²) >= 11 is 3.54. The first-order chi connectivity index (χ1) is 10.1. The van der Waals surface area contributed by atoms with Crippen molar-refractivity contribution in [1.29, 1.82) is 0 Å². The van der Waals surface area contributed by atoms with Crippen LogP contribution in [0, 0.1) is 6.92 Å². The van der Waals surface area contributed by atoms with Gasteiger partial charge in [0.15, 0.2) is 0 Å². The Hall–Kier alpha value is -1.32. The summed E-state index contributed by atoms with van der Waals surface area (Å²) in [6.07, 6.45) is 0. The summed E-state index contributed by atoms with van der Waals surface area (Å²) < 4.78 is 7.10. The minimum Gasteiger partial charge on any atom is -0.489 e. The molecule has 0 aliphatic heterocycles. The predicted octanol–water partition coefficient (Wildman–Crippen LogP) is 5.01. The van der Waals surface area contributed by atoms with Crippen molar-refractivity contribution in [2.45, 2.75) is 33.4 Å². The highest BCUT2D eigenvalue weighted by Gasteiger charge is 2.11. The Bertz CT molecular complexity index is 580. The summed E-state index contributed by atoms with van der Waals surface area (Å²) in [7, 11) is 0. The van der Waals surface area contributed by atoms with Crippen molar-refractivity contribution in [3.05, 3.63) is 63.6 Å². The van der Waals surface area contributed by atoms with Crippen molar-refractivity contribution in [2.75, 3.05) is 6.54 Å². The van der Waals surface area contributed by atoms with E-state index in [0.717, 1.165) is 16.8 Å². The third-order valence-corrected chi connectivity index (χ3v) is 3.96. The van der Waals surface area contributed by atoms with Crippen LogP contribution >= 0.6 is 15.9 Å². The molecule has 0 amide bonds. The number of rotatable bonds is 6. The zero-order chi connectivity index (χ0) is 15.2. The lowest BCUT2D eigenvalue weighted by molar-refractivity contribution is 0.300. The summed E-state index contributed by atoms with van der Waals surface area (Å²) in [5.41, 5.74) is 3.63. The van der Waals surface area contributed by atoms with Crippen LogP contribution in [0.5, 0.6) is 5.75 Å². The fourth-order valence-corrected chi connectivity index (χ4v) is 2.63. The van der Waals surface area contributed by atoms with Crippen molar-refractivity contribution >= 4 is 15.9 Å². The zero-order valence-electron chi connectivity index (χ0n) is 12.8. The van der Waals surface area contributed by atoms with Gasteiger partial charge in [-0.15, -0.1) is 0 Å². The Labute approximate surface area is 135 Å². The average Bonchev–Trinajstić information content (AvgIpc) is 2.48. The van der Waals surface area contributed by atoms with E-state index in [1.54, 1.807) is 0 Å². The van der Waals surface area contributed by atoms with Gasteiger partial charge < -0.3 is 10.1 Å². The first-order valence-corrected chi connectivity index (χ1v) is 8.10. The highest BCUT2D eigenvalue weighted by Crippen LogP contribution is 2.29. The highest BCUT2D eigenvalue weighted by atomic mass is 79.9. The maximum Gasteiger partial charge on any atom is 0.124 e. The molecule has 2 rings (SSSR count). The first kappa shape index (κ1) is 16.1. The second-order valence-electron chi connectivity index (χ2n) is 5.24. The van der Waals surface area contributed by atoms with Gasteiger partial charge in [-0.1, -0.05) is 52.7 Å². The van der Waals surface area contributed by atoms with Crippen LogP contribution in [0.1, 0.15) is 36.6 Å². The van der Waals surface area contributed by atoms with Crippen LogP contribution in [0.25, 0.3) is 0 Å². The van der Waals surface area contributed by atoms with E-state index in [4.69, 9.17) is 4.74 Å². The molecule has 0 saturated carbocycles. The molecule has 21 heavy (non-hydrogen) atoms. The highest BCUT2D eigenvalue weighted by molar-refractivity contribution is 9.10. The molecule has 1 atom stereocenters. The van der Waals surface area contributed by atoms with Crippen molar-refractivity contribution < 1.29 is 4.74 Å². The van der Waals surface area contributed by atoms with Crippen molar-refractivity contribution in [1.82, 2.24) is 5.32 Å². The average molecular weight is 348 g/mol. The van der Waals surface area contributed by atoms with Gasteiger partial charge in [0.05, 0.1) is 0 Å². The van der Waals surface area contributed by atoms with Gasteiger partial charge >= 0.3 is 0 Å². The van der Waals surface area contributed by atoms with Crippen molar-refractivity contribution in [3.63, 3.8) is 0 Å². The van der Waals surface area contributed by atoms with Crippen LogP contribution in [-0.4, -0.2) is 6.54 Å². The molecule has 2 aromatic rings. The molecule has 0 saturated heterocycles. The lowest BCUT2D eigenvalue weighted by Crippen LogP contribution is -2.18. The Morgan fingerprint density at radius 1 is 1.14 bits per heavy atom. The molecule has 0 radical (unpaired) electrons. The molecule has 1 N–H and O–H groups in total. The maximum absolute atomic E-state index is 6.02. The summed E-state index contributed by atoms with van der Waals surface area (Å²) in [5, 5.41) is 3.43. The van der Waals surface area contributed by atoms with Crippen molar-refractivity contribution in [2.24, 2.45) is 0 Å². The summed E-state index contributed by atoms with van der Waals surface area (Å²) in [6.45, 7) is 7.89. The quantitative estimate of drug-likeness (QED) is 0.793. The normalized spacial score (nSPS) is 12.2. The molecule has 3 heteroatoms. The Morgan fingerprint density at radius 3 is 2.52 bits per heavy atom. The number of halogens is 1. The number of hydrogen-bond donors (Lipinski definition) is 1. The SMILES string of the molecule is CCNC(C)c1cc(Br)ccc1OCc1ccc(C)cc1. The fraction of sp³-hybridized carbons (Fsp3) is 0.333. The Kier molecular flexibility index (Phi) is 5.83. The van der Waals surface area contributed by atoms with E-state index in [0.29, 0.717) is 6.61 Å². The number of ether oxygens (including phenoxy) is 1. The standard InChI is InChI=1S/C18H22BrNO/c1-4-20-14(3)17-11-16(19)9-10-18(17)21-12-15-7-5-13(2)6-8-15/h5-11,14,20H,4,12H2,1-3H3. The Morgan fingerprint density at radius 2 is 1.86 bits per heavy atom. The van der Waals surface area contributed by atoms with Gasteiger partial charge in [-0.2, -0.15) is 0 Å². The van der Waals surface area contributed by atoms with Gasteiger partial charge in [0.1, 0.15) is 12.4 Å². The predicted molar refractivity (Wildman–Crippen MR) is 91.7 cm³/mol. The summed E-state index contributed by atoms with van der Waals surface area (Å²) in [5.74, 6) is 0.937. The van der Waals surface area contributed by atoms with E-state index in [9.17, 15) is 0 Å². The van der Waals surface area contributed by atoms with Crippen LogP contribution in [0.3, 0.4) is 0 Å². The first-order valence-electron chi connectivity index (χ1n) is 7.31. The van der Waals surface area contributed by atoms with E-state index in [1.165, 1.54) is 16.7 Å². The van der Waals surface area contributed by atoms with E-state index >= 15 is 0 Å². The molecular weight excluding hydrogens is 326 g/mol. The van der Waals surface area contributed by atoms with E-state index in [-0.39, 0.29) is 6.04 Å². The lowest BCUT2D eigenvalue weighted by atomic mass is 10.1. The monoisotopic (exact) mass is 347 g/mol. The Balaban J connectivity index is 2.13. The molecular formula is C18H22BrNO. The molecule has 0 aromatic heterocycles. The van der Waals surface area contributed by atoms with Crippen molar-refractivity contribution in [3.8, 4) is 5.75 Å². The van der Waals surface area contributed by atoms with Gasteiger partial charge in [0.2, 0.25) is 0 Å². The van der Waals surface area contributed by atoms with E-state index in [1.807, 2.05) is 12.1 Å². The molecule has 0 bridgehead atoms. The van der Waals surface area contributed by atoms with Crippen LogP contribution in [0.4, 0.5) is 0 Å². The molecule has 0 aliphatic rings. The zero-order valence-corrected chi connectivity index (χ0v) is 14.4. The van der Waals surface area contributed by atoms with E-state index < -0.39 is 0 Å². The molecule has 0 spiro atoms. The molecule has 0 fully saturated rings. The largest absolute Gasteiger partial charge is 0.489 e. The van der Waals surface area contributed by atoms with Gasteiger partial charge in [-0.3, -0.25) is 0 Å². The van der Waals surface area contributed by atoms with Gasteiger partial charge in [0, 0.05) is 16.1 Å². The number of hydrogen-bond acceptors (Lipinski definition) is 2. The van der Waals surface area contributed by atoms with Crippen LogP contribution in [0.15, 0.2) is 46.9 Å². The number of benzene rings is 2. The number of aryl methyl sites for hydroxylation is 1. The topological polar surface area (TPSA) is 21.3 Å². The molecule has 1 unspecified atom stereocenters. The van der Waals surface area contributed by atoms with Gasteiger partial charge in [-0.25, -0.2) is 0 Å².